The molecular formula is C13H12OOs. The zero-order valence-corrected chi connectivity index (χ0v) is 11.1. The molecular weight excluding hydrogens is 362 g/mol. The molecule has 15 heavy (non-hydrogen) atoms. The molecule has 0 radical (unpaired) electrons. The van der Waals surface area contributed by atoms with E-state index in [0.29, 0.717) is 5.56 Å². The minimum atomic E-state index is -0.134. The Morgan fingerprint density at radius 1 is 1.00 bits per heavy atom. The molecule has 0 atom stereocenters. The smallest absolute Gasteiger partial charge is 0.358 e. The molecule has 2 aromatic rings. The van der Waals surface area contributed by atoms with Gasteiger partial charge in [0.15, 0.2) is 0 Å². The number of rotatable bonds is 1. The quantitative estimate of drug-likeness (QED) is 0.553. The topological polar surface area (TPSA) is 17.1 Å². The summed E-state index contributed by atoms with van der Waals surface area (Å²) in [6.07, 6.45) is 0. The van der Waals surface area contributed by atoms with E-state index in [4.69, 9.17) is 0 Å². The van der Waals surface area contributed by atoms with E-state index in [1.54, 1.807) is 6.07 Å². The maximum absolute atomic E-state index is 11.0. The molecule has 0 heterocycles. The van der Waals surface area contributed by atoms with Crippen LogP contribution in [0.25, 0.3) is 10.8 Å². The third-order valence-corrected chi connectivity index (χ3v) is 2.07. The maximum Gasteiger partial charge on any atom is 2.00 e. The Bertz CT molecular complexity index is 463. The number of hydrogen-bond acceptors (Lipinski definition) is 1. The van der Waals surface area contributed by atoms with Crippen LogP contribution in [0.2, 0.25) is 0 Å². The van der Waals surface area contributed by atoms with E-state index in [1.807, 2.05) is 36.4 Å². The van der Waals surface area contributed by atoms with Crippen LogP contribution in [0.5, 0.6) is 0 Å². The number of carbonyl (C=O) groups excluding carboxylic acids is 1. The van der Waals surface area contributed by atoms with Gasteiger partial charge in [-0.1, -0.05) is 30.3 Å². The summed E-state index contributed by atoms with van der Waals surface area (Å²) in [5.41, 5.74) is 0.665. The van der Waals surface area contributed by atoms with Gasteiger partial charge in [0.05, 0.1) is 0 Å². The van der Waals surface area contributed by atoms with Gasteiger partial charge in [0.25, 0.3) is 0 Å². The molecule has 0 bridgehead atoms. The fourth-order valence-electron chi connectivity index (χ4n) is 1.36. The van der Waals surface area contributed by atoms with Gasteiger partial charge < -0.3 is 12.2 Å². The van der Waals surface area contributed by atoms with Crippen molar-refractivity contribution in [3.63, 3.8) is 0 Å². The van der Waals surface area contributed by atoms with Gasteiger partial charge in [-0.2, -0.15) is 6.92 Å². The Kier molecular flexibility index (Phi) is 5.26. The van der Waals surface area contributed by atoms with Gasteiger partial charge in [-0.15, -0.1) is 17.7 Å². The van der Waals surface area contributed by atoms with Gasteiger partial charge in [0.2, 0.25) is 0 Å². The molecule has 0 aliphatic carbocycles. The van der Waals surface area contributed by atoms with Crippen molar-refractivity contribution in [2.24, 2.45) is 0 Å². The number of Topliss-reactive ketones (excluding diaryl/α,β-unsaturated/α-hetero) is 1. The average Bonchev–Trinajstić information content (AvgIpc) is 2.17. The SMILES string of the molecule is [CH2-]C(=O)c1ccc2ccccc2c1.[CH3-].[Os+2]. The standard InChI is InChI=1S/C12H9O.CH3.Os/c1-9(13)11-7-6-10-4-2-3-5-12(10)8-11;;/h2-8H,1H2;1H3;/q2*-1;+2. The molecule has 0 aliphatic rings. The number of benzene rings is 2. The number of fused-ring (bicyclic) bond motifs is 1. The summed E-state index contributed by atoms with van der Waals surface area (Å²) < 4.78 is 0. The van der Waals surface area contributed by atoms with Crippen molar-refractivity contribution in [2.75, 3.05) is 0 Å². The third-order valence-electron chi connectivity index (χ3n) is 2.07. The second kappa shape index (κ2) is 5.68. The molecule has 2 heteroatoms. The molecule has 0 saturated carbocycles. The number of carbonyl (C=O) groups is 1. The fourth-order valence-corrected chi connectivity index (χ4v) is 1.36. The Labute approximate surface area is 104 Å². The first-order valence-corrected chi connectivity index (χ1v) is 4.12. The second-order valence-electron chi connectivity index (χ2n) is 2.99. The maximum atomic E-state index is 11.0. The monoisotopic (exact) mass is 376 g/mol. The molecule has 2 aromatic carbocycles. The molecule has 2 rings (SSSR count). The van der Waals surface area contributed by atoms with E-state index in [0.717, 1.165) is 10.8 Å². The first-order chi connectivity index (χ1) is 6.27. The summed E-state index contributed by atoms with van der Waals surface area (Å²) in [6, 6.07) is 13.6. The van der Waals surface area contributed by atoms with Gasteiger partial charge in [-0.25, -0.2) is 0 Å². The van der Waals surface area contributed by atoms with E-state index in [2.05, 4.69) is 6.92 Å². The predicted octanol–water partition coefficient (Wildman–Crippen LogP) is 3.30. The van der Waals surface area contributed by atoms with Gasteiger partial charge in [-0.3, -0.25) is 0 Å². The summed E-state index contributed by atoms with van der Waals surface area (Å²) in [5.74, 6) is -0.134. The Morgan fingerprint density at radius 2 is 1.60 bits per heavy atom. The van der Waals surface area contributed by atoms with Crippen LogP contribution in [-0.4, -0.2) is 5.78 Å². The molecule has 0 unspecified atom stereocenters. The van der Waals surface area contributed by atoms with Crippen molar-refractivity contribution in [3.8, 4) is 0 Å². The van der Waals surface area contributed by atoms with Crippen LogP contribution in [0.3, 0.4) is 0 Å². The van der Waals surface area contributed by atoms with Crippen LogP contribution in [-0.2, 0) is 19.8 Å². The van der Waals surface area contributed by atoms with E-state index < -0.39 is 0 Å². The molecule has 0 N–H and O–H groups in total. The molecule has 78 valence electrons. The largest absolute Gasteiger partial charge is 2.00 e. The van der Waals surface area contributed by atoms with E-state index in [1.165, 1.54) is 0 Å². The molecule has 0 fully saturated rings. The zero-order chi connectivity index (χ0) is 9.26. The molecule has 0 spiro atoms. The normalized spacial score (nSPS) is 8.80. The Balaban J connectivity index is 0.000000980. The van der Waals surface area contributed by atoms with E-state index >= 15 is 0 Å². The Morgan fingerprint density at radius 3 is 2.20 bits per heavy atom. The van der Waals surface area contributed by atoms with Crippen LogP contribution in [0.4, 0.5) is 0 Å². The molecule has 0 aliphatic heterocycles. The van der Waals surface area contributed by atoms with Crippen LogP contribution in [0.15, 0.2) is 42.5 Å². The van der Waals surface area contributed by atoms with Crippen molar-refractivity contribution in [1.29, 1.82) is 0 Å². The fraction of sp³-hybridized carbons (Fsp3) is 0. The molecule has 0 saturated heterocycles. The van der Waals surface area contributed by atoms with Crippen LogP contribution in [0, 0.1) is 14.4 Å². The van der Waals surface area contributed by atoms with Gasteiger partial charge >= 0.3 is 19.8 Å². The zero-order valence-electron chi connectivity index (χ0n) is 8.51. The summed E-state index contributed by atoms with van der Waals surface area (Å²) in [4.78, 5) is 11.0. The molecule has 0 amide bonds. The van der Waals surface area contributed by atoms with Crippen LogP contribution < -0.4 is 0 Å². The number of ketones is 1. The van der Waals surface area contributed by atoms with Crippen molar-refractivity contribution < 1.29 is 24.6 Å². The third kappa shape index (κ3) is 2.91. The van der Waals surface area contributed by atoms with E-state index in [-0.39, 0.29) is 33.0 Å². The minimum absolute atomic E-state index is 0. The summed E-state index contributed by atoms with van der Waals surface area (Å²) >= 11 is 0. The van der Waals surface area contributed by atoms with Crippen molar-refractivity contribution in [1.82, 2.24) is 0 Å². The van der Waals surface area contributed by atoms with Crippen LogP contribution >= 0.6 is 0 Å². The summed E-state index contributed by atoms with van der Waals surface area (Å²) in [5, 5.41) is 2.23. The van der Waals surface area contributed by atoms with Crippen molar-refractivity contribution >= 4 is 16.6 Å². The first kappa shape index (κ1) is 13.9. The number of hydrogen-bond donors (Lipinski definition) is 0. The average molecular weight is 374 g/mol. The van der Waals surface area contributed by atoms with Crippen LogP contribution in [0.1, 0.15) is 10.4 Å². The van der Waals surface area contributed by atoms with E-state index in [9.17, 15) is 4.79 Å². The Hall–Kier alpha value is -1.12. The predicted molar refractivity (Wildman–Crippen MR) is 60.0 cm³/mol. The van der Waals surface area contributed by atoms with Crippen molar-refractivity contribution in [2.45, 2.75) is 0 Å². The summed E-state index contributed by atoms with van der Waals surface area (Å²) in [6.45, 7) is 3.38. The summed E-state index contributed by atoms with van der Waals surface area (Å²) in [7, 11) is 0. The van der Waals surface area contributed by atoms with Gasteiger partial charge in [0.1, 0.15) is 0 Å². The first-order valence-electron chi connectivity index (χ1n) is 4.12. The minimum Gasteiger partial charge on any atom is -0.358 e. The molecule has 1 nitrogen and oxygen atoms in total. The molecule has 0 aromatic heterocycles. The van der Waals surface area contributed by atoms with Gasteiger partial charge in [-0.05, 0) is 10.8 Å². The van der Waals surface area contributed by atoms with Crippen molar-refractivity contribution in [3.05, 3.63) is 62.4 Å². The van der Waals surface area contributed by atoms with Gasteiger partial charge in [0, 0.05) is 5.78 Å². The second-order valence-corrected chi connectivity index (χ2v) is 2.99.